The highest BCUT2D eigenvalue weighted by Gasteiger charge is 2.11. The predicted octanol–water partition coefficient (Wildman–Crippen LogP) is 4.69. The fourth-order valence-corrected chi connectivity index (χ4v) is 2.43. The number of hydrogen-bond acceptors (Lipinski definition) is 2. The number of halogens is 2. The van der Waals surface area contributed by atoms with Crippen molar-refractivity contribution in [1.29, 1.82) is 0 Å². The molecule has 0 saturated heterocycles. The second kappa shape index (κ2) is 6.55. The van der Waals surface area contributed by atoms with Gasteiger partial charge in [0.1, 0.15) is 11.9 Å². The van der Waals surface area contributed by atoms with Crippen LogP contribution in [0.3, 0.4) is 0 Å². The topological polar surface area (TPSA) is 29.5 Å². The van der Waals surface area contributed by atoms with Gasteiger partial charge in [0.05, 0.1) is 6.61 Å². The number of aliphatic hydroxyl groups is 1. The predicted molar refractivity (Wildman–Crippen MR) is 83.5 cm³/mol. The van der Waals surface area contributed by atoms with Crippen LogP contribution in [0.2, 0.25) is 0 Å². The summed E-state index contributed by atoms with van der Waals surface area (Å²) in [5.74, 6) is 0.815. The van der Waals surface area contributed by atoms with Gasteiger partial charge in [0.25, 0.3) is 0 Å². The van der Waals surface area contributed by atoms with E-state index in [1.54, 1.807) is 0 Å². The van der Waals surface area contributed by atoms with Crippen LogP contribution in [0.25, 0.3) is 0 Å². The van der Waals surface area contributed by atoms with E-state index in [9.17, 15) is 5.11 Å². The molecule has 2 aromatic carbocycles. The highest BCUT2D eigenvalue weighted by atomic mass is 79.9. The molecule has 0 aliphatic carbocycles. The highest BCUT2D eigenvalue weighted by Crippen LogP contribution is 2.29. The van der Waals surface area contributed by atoms with Crippen LogP contribution in [-0.4, -0.2) is 11.7 Å². The highest BCUT2D eigenvalue weighted by molar-refractivity contribution is 9.13. The van der Waals surface area contributed by atoms with Gasteiger partial charge in [0.2, 0.25) is 0 Å². The molecule has 100 valence electrons. The standard InChI is InChI=1S/C15H14Br2O2/c1-2-19-12-6-3-10(4-7-12)15(18)11-5-8-13(16)14(17)9-11/h3-9,15,18H,2H2,1H3. The van der Waals surface area contributed by atoms with Gasteiger partial charge in [-0.1, -0.05) is 18.2 Å². The minimum Gasteiger partial charge on any atom is -0.494 e. The van der Waals surface area contributed by atoms with Gasteiger partial charge in [0.15, 0.2) is 0 Å². The second-order valence-electron chi connectivity index (χ2n) is 4.08. The summed E-state index contributed by atoms with van der Waals surface area (Å²) in [6, 6.07) is 13.2. The Morgan fingerprint density at radius 3 is 2.21 bits per heavy atom. The van der Waals surface area contributed by atoms with Crippen LogP contribution in [0.4, 0.5) is 0 Å². The van der Waals surface area contributed by atoms with E-state index < -0.39 is 6.10 Å². The molecule has 0 aromatic heterocycles. The summed E-state index contributed by atoms with van der Waals surface area (Å²) in [6.07, 6.45) is -0.639. The van der Waals surface area contributed by atoms with E-state index in [0.29, 0.717) is 6.61 Å². The lowest BCUT2D eigenvalue weighted by atomic mass is 10.0. The number of benzene rings is 2. The third-order valence-electron chi connectivity index (χ3n) is 2.77. The monoisotopic (exact) mass is 384 g/mol. The van der Waals surface area contributed by atoms with Crippen LogP contribution < -0.4 is 4.74 Å². The van der Waals surface area contributed by atoms with Crippen molar-refractivity contribution >= 4 is 31.9 Å². The molecule has 1 N–H and O–H groups in total. The Labute approximate surface area is 129 Å². The number of aliphatic hydroxyl groups excluding tert-OH is 1. The summed E-state index contributed by atoms with van der Waals surface area (Å²) in [7, 11) is 0. The van der Waals surface area contributed by atoms with Crippen LogP contribution in [0, 0.1) is 0 Å². The zero-order valence-corrected chi connectivity index (χ0v) is 13.6. The SMILES string of the molecule is CCOc1ccc(C(O)c2ccc(Br)c(Br)c2)cc1. The van der Waals surface area contributed by atoms with Gasteiger partial charge in [-0.05, 0) is 74.2 Å². The normalized spacial score (nSPS) is 12.2. The third-order valence-corrected chi connectivity index (χ3v) is 4.65. The quantitative estimate of drug-likeness (QED) is 0.826. The molecule has 4 heteroatoms. The molecule has 0 bridgehead atoms. The first-order valence-electron chi connectivity index (χ1n) is 5.97. The van der Waals surface area contributed by atoms with E-state index in [0.717, 1.165) is 25.8 Å². The van der Waals surface area contributed by atoms with Gasteiger partial charge in [0, 0.05) is 8.95 Å². The first kappa shape index (κ1) is 14.6. The van der Waals surface area contributed by atoms with Gasteiger partial charge < -0.3 is 9.84 Å². The third kappa shape index (κ3) is 3.59. The molecule has 2 aromatic rings. The van der Waals surface area contributed by atoms with E-state index in [1.165, 1.54) is 0 Å². The van der Waals surface area contributed by atoms with E-state index >= 15 is 0 Å². The Bertz CT molecular complexity index is 553. The van der Waals surface area contributed by atoms with Crippen LogP contribution in [0.1, 0.15) is 24.2 Å². The molecule has 19 heavy (non-hydrogen) atoms. The molecular formula is C15H14Br2O2. The maximum Gasteiger partial charge on any atom is 0.119 e. The minimum absolute atomic E-state index is 0.639. The smallest absolute Gasteiger partial charge is 0.119 e. The number of rotatable bonds is 4. The van der Waals surface area contributed by atoms with Crippen molar-refractivity contribution in [2.75, 3.05) is 6.61 Å². The van der Waals surface area contributed by atoms with Crippen molar-refractivity contribution in [3.8, 4) is 5.75 Å². The van der Waals surface area contributed by atoms with Crippen molar-refractivity contribution in [2.45, 2.75) is 13.0 Å². The fourth-order valence-electron chi connectivity index (χ4n) is 1.79. The summed E-state index contributed by atoms with van der Waals surface area (Å²) in [6.45, 7) is 2.59. The molecule has 0 amide bonds. The summed E-state index contributed by atoms with van der Waals surface area (Å²) >= 11 is 6.86. The van der Waals surface area contributed by atoms with Crippen molar-refractivity contribution in [3.63, 3.8) is 0 Å². The van der Waals surface area contributed by atoms with Crippen molar-refractivity contribution in [2.24, 2.45) is 0 Å². The van der Waals surface area contributed by atoms with Crippen LogP contribution in [0.15, 0.2) is 51.4 Å². The van der Waals surface area contributed by atoms with Gasteiger partial charge >= 0.3 is 0 Å². The summed E-state index contributed by atoms with van der Waals surface area (Å²) in [5, 5.41) is 10.4. The Kier molecular flexibility index (Phi) is 5.02. The molecule has 0 spiro atoms. The molecule has 0 aliphatic rings. The number of hydrogen-bond donors (Lipinski definition) is 1. The zero-order valence-electron chi connectivity index (χ0n) is 10.4. The lowest BCUT2D eigenvalue weighted by Crippen LogP contribution is -2.00. The van der Waals surface area contributed by atoms with Gasteiger partial charge in [-0.25, -0.2) is 0 Å². The molecule has 0 heterocycles. The average molecular weight is 386 g/mol. The fraction of sp³-hybridized carbons (Fsp3) is 0.200. The maximum absolute atomic E-state index is 10.4. The molecule has 0 aliphatic heterocycles. The molecular weight excluding hydrogens is 372 g/mol. The summed E-state index contributed by atoms with van der Waals surface area (Å²) in [4.78, 5) is 0. The molecule has 1 atom stereocenters. The molecule has 1 unspecified atom stereocenters. The molecule has 2 rings (SSSR count). The lowest BCUT2D eigenvalue weighted by molar-refractivity contribution is 0.220. The molecule has 2 nitrogen and oxygen atoms in total. The number of ether oxygens (including phenoxy) is 1. The average Bonchev–Trinajstić information content (AvgIpc) is 2.42. The Morgan fingerprint density at radius 1 is 1.00 bits per heavy atom. The summed E-state index contributed by atoms with van der Waals surface area (Å²) in [5.41, 5.74) is 1.69. The Hall–Kier alpha value is -0.840. The van der Waals surface area contributed by atoms with Gasteiger partial charge in [-0.3, -0.25) is 0 Å². The zero-order chi connectivity index (χ0) is 13.8. The molecule has 0 saturated carbocycles. The van der Waals surface area contributed by atoms with Crippen LogP contribution >= 0.6 is 31.9 Å². The first-order chi connectivity index (χ1) is 9.11. The molecule has 0 radical (unpaired) electrons. The van der Waals surface area contributed by atoms with Crippen molar-refractivity contribution in [3.05, 3.63) is 62.5 Å². The molecule has 0 fully saturated rings. The van der Waals surface area contributed by atoms with Crippen molar-refractivity contribution < 1.29 is 9.84 Å². The second-order valence-corrected chi connectivity index (χ2v) is 5.79. The first-order valence-corrected chi connectivity index (χ1v) is 7.56. The van der Waals surface area contributed by atoms with Crippen molar-refractivity contribution in [1.82, 2.24) is 0 Å². The van der Waals surface area contributed by atoms with E-state index in [-0.39, 0.29) is 0 Å². The largest absolute Gasteiger partial charge is 0.494 e. The van der Waals surface area contributed by atoms with E-state index in [2.05, 4.69) is 31.9 Å². The Morgan fingerprint density at radius 2 is 1.63 bits per heavy atom. The van der Waals surface area contributed by atoms with Crippen LogP contribution in [0.5, 0.6) is 5.75 Å². The van der Waals surface area contributed by atoms with E-state index in [1.807, 2.05) is 49.4 Å². The Balaban J connectivity index is 2.22. The van der Waals surface area contributed by atoms with Crippen LogP contribution in [-0.2, 0) is 0 Å². The lowest BCUT2D eigenvalue weighted by Gasteiger charge is -2.13. The van der Waals surface area contributed by atoms with E-state index in [4.69, 9.17) is 4.74 Å². The summed E-state index contributed by atoms with van der Waals surface area (Å²) < 4.78 is 7.28. The maximum atomic E-state index is 10.4. The van der Waals surface area contributed by atoms with Gasteiger partial charge in [-0.2, -0.15) is 0 Å². The van der Waals surface area contributed by atoms with Gasteiger partial charge in [-0.15, -0.1) is 0 Å². The minimum atomic E-state index is -0.639.